The number of benzene rings is 2. The Morgan fingerprint density at radius 3 is 2.43 bits per heavy atom. The van der Waals surface area contributed by atoms with Crippen LogP contribution < -0.4 is 15.0 Å². The summed E-state index contributed by atoms with van der Waals surface area (Å²) in [6.07, 6.45) is -2.12. The molecule has 1 aliphatic carbocycles. The van der Waals surface area contributed by atoms with Crippen molar-refractivity contribution < 1.29 is 37.4 Å². The molecule has 7 rings (SSSR count). The number of nitrogens with one attached hydrogen (secondary N) is 2. The topological polar surface area (TPSA) is 146 Å². The van der Waals surface area contributed by atoms with Gasteiger partial charge in [0.1, 0.15) is 22.5 Å². The van der Waals surface area contributed by atoms with Crippen molar-refractivity contribution >= 4 is 52.6 Å². The van der Waals surface area contributed by atoms with Crippen LogP contribution in [0.1, 0.15) is 53.8 Å². The van der Waals surface area contributed by atoms with Gasteiger partial charge in [0.2, 0.25) is 17.7 Å². The van der Waals surface area contributed by atoms with E-state index in [1.54, 1.807) is 11.8 Å². The molecular formula is C32H28Cl2F3N7O5. The number of nitrogens with zero attached hydrogens (tertiary/aromatic N) is 5. The molecule has 2 aromatic heterocycles. The number of hydrogen-bond acceptors (Lipinski definition) is 7. The number of H-pyrrole nitrogens is 1. The number of halogens is 5. The van der Waals surface area contributed by atoms with Crippen molar-refractivity contribution in [1.29, 1.82) is 0 Å². The second-order valence-corrected chi connectivity index (χ2v) is 13.5. The Labute approximate surface area is 286 Å². The van der Waals surface area contributed by atoms with Gasteiger partial charge in [-0.15, -0.1) is 18.3 Å². The highest BCUT2D eigenvalue weighted by Gasteiger charge is 2.56. The molecule has 2 aliphatic heterocycles. The molecule has 0 bridgehead atoms. The quantitative estimate of drug-likeness (QED) is 0.220. The lowest BCUT2D eigenvalue weighted by atomic mass is 9.91. The molecule has 0 radical (unpaired) electrons. The predicted molar refractivity (Wildman–Crippen MR) is 170 cm³/mol. The first-order valence-corrected chi connectivity index (χ1v) is 16.0. The Morgan fingerprint density at radius 2 is 1.82 bits per heavy atom. The first kappa shape index (κ1) is 32.8. The molecule has 49 heavy (non-hydrogen) atoms. The van der Waals surface area contributed by atoms with Crippen molar-refractivity contribution in [2.45, 2.75) is 56.0 Å². The van der Waals surface area contributed by atoms with E-state index in [9.17, 15) is 32.7 Å². The molecule has 2 aromatic carbocycles. The summed E-state index contributed by atoms with van der Waals surface area (Å²) in [6.45, 7) is 2.44. The SMILES string of the molecule is C[C@@]1(Cc2ccc(OC(F)(F)F)cc2)C(=O)N(c2cc(Cl)cc(Cl)c2)c2ncc(C(=O)NC3(C(=O)N4CC[C@@H](c5cc(O)n[nH]5)C4)CC3)n21. The zero-order valence-corrected chi connectivity index (χ0v) is 27.2. The largest absolute Gasteiger partial charge is 0.573 e. The molecule has 4 aromatic rings. The minimum atomic E-state index is -4.87. The van der Waals surface area contributed by atoms with Crippen LogP contribution in [-0.2, 0) is 21.5 Å². The zero-order chi connectivity index (χ0) is 34.9. The predicted octanol–water partition coefficient (Wildman–Crippen LogP) is 5.43. The second kappa shape index (κ2) is 11.7. The van der Waals surface area contributed by atoms with Gasteiger partial charge in [0.15, 0.2) is 0 Å². The Morgan fingerprint density at radius 1 is 1.12 bits per heavy atom. The summed E-state index contributed by atoms with van der Waals surface area (Å²) in [5, 5.41) is 19.6. The number of carbonyl (C=O) groups excluding carboxylic acids is 3. The Balaban J connectivity index is 1.18. The van der Waals surface area contributed by atoms with Crippen molar-refractivity contribution in [2.75, 3.05) is 18.0 Å². The van der Waals surface area contributed by atoms with Crippen molar-refractivity contribution in [3.05, 3.63) is 81.7 Å². The van der Waals surface area contributed by atoms with Gasteiger partial charge in [-0.25, -0.2) is 9.88 Å². The molecule has 0 spiro atoms. The van der Waals surface area contributed by atoms with E-state index >= 15 is 0 Å². The minimum Gasteiger partial charge on any atom is -0.492 e. The van der Waals surface area contributed by atoms with E-state index in [0.29, 0.717) is 49.3 Å². The van der Waals surface area contributed by atoms with Crippen LogP contribution in [0.2, 0.25) is 10.0 Å². The molecule has 2 atom stereocenters. The summed E-state index contributed by atoms with van der Waals surface area (Å²) < 4.78 is 43.8. The number of imidazole rings is 1. The third kappa shape index (κ3) is 6.05. The molecule has 3 amide bonds. The van der Waals surface area contributed by atoms with Crippen LogP contribution in [0.5, 0.6) is 11.6 Å². The molecule has 1 saturated heterocycles. The number of amides is 3. The fourth-order valence-electron chi connectivity index (χ4n) is 6.67. The van der Waals surface area contributed by atoms with Gasteiger partial charge in [-0.3, -0.25) is 24.0 Å². The van der Waals surface area contributed by atoms with Crippen LogP contribution in [0, 0.1) is 0 Å². The highest BCUT2D eigenvalue weighted by Crippen LogP contribution is 2.45. The summed E-state index contributed by atoms with van der Waals surface area (Å²) in [5.41, 5.74) is -1.15. The summed E-state index contributed by atoms with van der Waals surface area (Å²) in [5.74, 6) is -1.87. The van der Waals surface area contributed by atoms with E-state index in [4.69, 9.17) is 23.2 Å². The third-order valence-electron chi connectivity index (χ3n) is 9.16. The van der Waals surface area contributed by atoms with Crippen molar-refractivity contribution in [2.24, 2.45) is 0 Å². The molecule has 17 heteroatoms. The average molecular weight is 719 g/mol. The highest BCUT2D eigenvalue weighted by atomic mass is 35.5. The lowest BCUT2D eigenvalue weighted by Gasteiger charge is -2.28. The molecule has 3 N–H and O–H groups in total. The van der Waals surface area contributed by atoms with Crippen molar-refractivity contribution in [3.63, 3.8) is 0 Å². The fraction of sp³-hybridized carbons (Fsp3) is 0.344. The number of rotatable bonds is 8. The summed E-state index contributed by atoms with van der Waals surface area (Å²) >= 11 is 12.5. The van der Waals surface area contributed by atoms with Crippen LogP contribution in [-0.4, -0.2) is 72.5 Å². The monoisotopic (exact) mass is 717 g/mol. The van der Waals surface area contributed by atoms with E-state index < -0.39 is 35.0 Å². The van der Waals surface area contributed by atoms with E-state index in [-0.39, 0.29) is 45.8 Å². The summed E-state index contributed by atoms with van der Waals surface area (Å²) in [4.78, 5) is 49.5. The summed E-state index contributed by atoms with van der Waals surface area (Å²) in [6, 6.07) is 11.1. The molecular weight excluding hydrogens is 690 g/mol. The van der Waals surface area contributed by atoms with E-state index in [0.717, 1.165) is 12.1 Å². The molecule has 4 heterocycles. The number of alkyl halides is 3. The van der Waals surface area contributed by atoms with E-state index in [2.05, 4.69) is 25.2 Å². The second-order valence-electron chi connectivity index (χ2n) is 12.6. The smallest absolute Gasteiger partial charge is 0.492 e. The fourth-order valence-corrected chi connectivity index (χ4v) is 7.19. The van der Waals surface area contributed by atoms with E-state index in [1.165, 1.54) is 52.1 Å². The molecule has 0 unspecified atom stereocenters. The zero-order valence-electron chi connectivity index (χ0n) is 25.7. The lowest BCUT2D eigenvalue weighted by Crippen LogP contribution is -2.51. The number of carbonyl (C=O) groups is 3. The normalized spacial score (nSPS) is 21.2. The van der Waals surface area contributed by atoms with Crippen LogP contribution in [0.15, 0.2) is 54.7 Å². The first-order valence-electron chi connectivity index (χ1n) is 15.3. The van der Waals surface area contributed by atoms with Gasteiger partial charge in [0.05, 0.1) is 11.9 Å². The molecule has 12 nitrogen and oxygen atoms in total. The minimum absolute atomic E-state index is 0.00445. The number of anilines is 2. The number of aromatic nitrogens is 4. The number of aromatic hydroxyl groups is 1. The van der Waals surface area contributed by atoms with Gasteiger partial charge in [0, 0.05) is 47.2 Å². The molecule has 1 saturated carbocycles. The maximum Gasteiger partial charge on any atom is 0.573 e. The third-order valence-corrected chi connectivity index (χ3v) is 9.59. The van der Waals surface area contributed by atoms with Gasteiger partial charge in [-0.05, 0) is 62.1 Å². The molecule has 256 valence electrons. The standard InChI is InChI=1S/C32H28Cl2F3N7O5/c1-30(14-17-2-4-22(5-3-17)49-32(35,36)37)27(47)43(21-11-19(33)10-20(34)12-21)29-38-15-24(44(29)30)26(46)39-31(7-8-31)28(48)42-9-6-18(16-42)23-13-25(45)41-40-23/h2-5,10-13,15,18H,6-9,14,16H2,1H3,(H,39,46)(H2,40,41,45)/t18-,30-/m1/s1. The van der Waals surface area contributed by atoms with Gasteiger partial charge in [-0.1, -0.05) is 35.3 Å². The van der Waals surface area contributed by atoms with Crippen molar-refractivity contribution in [3.8, 4) is 11.6 Å². The highest BCUT2D eigenvalue weighted by molar-refractivity contribution is 6.35. The van der Waals surface area contributed by atoms with Crippen LogP contribution in [0.4, 0.5) is 24.8 Å². The lowest BCUT2D eigenvalue weighted by molar-refractivity contribution is -0.274. The number of aromatic amines is 1. The van der Waals surface area contributed by atoms with Gasteiger partial charge in [0.25, 0.3) is 11.8 Å². The Hall–Kier alpha value is -4.76. The number of likely N-dealkylation sites (tertiary alicyclic amines) is 1. The Bertz CT molecular complexity index is 1960. The van der Waals surface area contributed by atoms with Gasteiger partial charge < -0.3 is 20.1 Å². The summed E-state index contributed by atoms with van der Waals surface area (Å²) in [7, 11) is 0. The maximum absolute atomic E-state index is 14.3. The van der Waals surface area contributed by atoms with Crippen LogP contribution in [0.3, 0.4) is 0 Å². The molecule has 2 fully saturated rings. The molecule has 3 aliphatic rings. The average Bonchev–Trinajstić information content (AvgIpc) is 3.39. The van der Waals surface area contributed by atoms with Crippen LogP contribution >= 0.6 is 23.2 Å². The number of hydrogen-bond donors (Lipinski definition) is 3. The van der Waals surface area contributed by atoms with Gasteiger partial charge in [-0.2, -0.15) is 0 Å². The first-order chi connectivity index (χ1) is 23.2. The number of ether oxygens (including phenoxy) is 1. The van der Waals surface area contributed by atoms with Crippen molar-refractivity contribution in [1.82, 2.24) is 30.0 Å². The maximum atomic E-state index is 14.3. The van der Waals surface area contributed by atoms with E-state index in [1.807, 2.05) is 0 Å². The Kier molecular flexibility index (Phi) is 7.82. The van der Waals surface area contributed by atoms with Crippen LogP contribution in [0.25, 0.3) is 0 Å². The van der Waals surface area contributed by atoms with Gasteiger partial charge >= 0.3 is 6.36 Å². The number of fused-ring (bicyclic) bond motifs is 1.